The number of nitrogens with one attached hydrogen (secondary N) is 6. The molecule has 1 heterocycles. The molecule has 6 rings (SSSR count). The van der Waals surface area contributed by atoms with Gasteiger partial charge in [-0.15, -0.1) is 0 Å². The van der Waals surface area contributed by atoms with Gasteiger partial charge in [-0.1, -0.05) is 36.4 Å². The summed E-state index contributed by atoms with van der Waals surface area (Å²) in [6.07, 6.45) is 2.37. The number of rotatable bonds is 20. The Morgan fingerprint density at radius 3 is 1.24 bits per heavy atom. The summed E-state index contributed by atoms with van der Waals surface area (Å²) in [5, 5.41) is 36.0. The molecule has 0 aliphatic heterocycles. The summed E-state index contributed by atoms with van der Waals surface area (Å²) < 4.78 is 137. The van der Waals surface area contributed by atoms with Crippen molar-refractivity contribution in [3.05, 3.63) is 114 Å². The summed E-state index contributed by atoms with van der Waals surface area (Å²) in [5.74, 6) is -0.424. The Bertz CT molecular complexity index is 3050. The number of anilines is 10. The largest absolute Gasteiger partial charge is 0.395 e. The molecule has 5 aromatic carbocycles. The van der Waals surface area contributed by atoms with Crippen molar-refractivity contribution >= 4 is 110 Å². The number of hydrogen-bond acceptors (Lipinski definition) is 19. The Morgan fingerprint density at radius 2 is 0.803 bits per heavy atom. The zero-order valence-electron chi connectivity index (χ0n) is 33.7. The van der Waals surface area contributed by atoms with Crippen LogP contribution in [0.1, 0.15) is 11.1 Å². The van der Waals surface area contributed by atoms with E-state index < -0.39 is 55.2 Å². The molecule has 6 aromatic rings. The van der Waals surface area contributed by atoms with Gasteiger partial charge in [0.25, 0.3) is 40.5 Å². The summed E-state index contributed by atoms with van der Waals surface area (Å²) in [5.41, 5.74) is 1.63. The van der Waals surface area contributed by atoms with Crippen LogP contribution in [0.15, 0.2) is 123 Å². The Kier molecular flexibility index (Phi) is 14.9. The van der Waals surface area contributed by atoms with Gasteiger partial charge in [0.15, 0.2) is 0 Å². The molecule has 0 saturated heterocycles. The summed E-state index contributed by atoms with van der Waals surface area (Å²) >= 11 is 0. The standard InChI is InChI=1S/C39H39N9O14S4/c49-15-13-40-30-17-31(42-26-3-1-5-33(20-26)63(51,52)53)19-32(18-30)43-28-11-9-24(35(22-28)65(57,58)59)7-8-25-10-12-29(23-36(25)66(60,61)62)45-39-47-37(41-14-16-50)46-38(48-39)44-27-4-2-6-34(21-27)64(54,55)56/h1-12,17-23,40,42-43,49-50H,13-16H2,(H,51,52,53)(H,54,55,56)(H,57,58,59)(H,60,61,62)(H3,41,44,45,46,47,48). The molecular formula is C39H39N9O14S4. The third kappa shape index (κ3) is 13.4. The molecule has 0 amide bonds. The van der Waals surface area contributed by atoms with Crippen molar-refractivity contribution in [1.82, 2.24) is 15.0 Å². The monoisotopic (exact) mass is 985 g/mol. The van der Waals surface area contributed by atoms with Crippen LogP contribution < -0.4 is 31.9 Å². The van der Waals surface area contributed by atoms with Gasteiger partial charge in [-0.3, -0.25) is 18.2 Å². The zero-order valence-corrected chi connectivity index (χ0v) is 37.0. The number of aliphatic hydroxyl groups is 2. The van der Waals surface area contributed by atoms with Crippen LogP contribution in [0.5, 0.6) is 0 Å². The number of benzene rings is 5. The van der Waals surface area contributed by atoms with Gasteiger partial charge in [-0.2, -0.15) is 48.6 Å². The Hall–Kier alpha value is -6.79. The van der Waals surface area contributed by atoms with Gasteiger partial charge < -0.3 is 42.1 Å². The molecule has 23 nitrogen and oxygen atoms in total. The normalized spacial score (nSPS) is 12.2. The highest BCUT2D eigenvalue weighted by atomic mass is 32.2. The molecule has 66 heavy (non-hydrogen) atoms. The van der Waals surface area contributed by atoms with E-state index in [0.717, 1.165) is 24.3 Å². The first-order valence-corrected chi connectivity index (χ1v) is 24.6. The fourth-order valence-electron chi connectivity index (χ4n) is 5.99. The fourth-order valence-corrected chi connectivity index (χ4v) is 8.47. The number of aromatic nitrogens is 3. The van der Waals surface area contributed by atoms with Gasteiger partial charge in [0.1, 0.15) is 9.79 Å². The maximum Gasteiger partial charge on any atom is 0.295 e. The number of nitrogens with zero attached hydrogens (tertiary/aromatic N) is 3. The van der Waals surface area contributed by atoms with Crippen LogP contribution in [-0.4, -0.2) is 103 Å². The van der Waals surface area contributed by atoms with Crippen molar-refractivity contribution in [1.29, 1.82) is 0 Å². The number of hydrogen-bond donors (Lipinski definition) is 12. The maximum absolute atomic E-state index is 12.7. The molecule has 348 valence electrons. The lowest BCUT2D eigenvalue weighted by Gasteiger charge is -2.15. The van der Waals surface area contributed by atoms with Crippen LogP contribution in [0.4, 0.5) is 57.7 Å². The van der Waals surface area contributed by atoms with E-state index in [-0.39, 0.29) is 77.2 Å². The zero-order chi connectivity index (χ0) is 47.9. The van der Waals surface area contributed by atoms with Gasteiger partial charge in [0.2, 0.25) is 17.8 Å². The van der Waals surface area contributed by atoms with Gasteiger partial charge in [0, 0.05) is 52.9 Å². The van der Waals surface area contributed by atoms with E-state index in [0.29, 0.717) is 22.7 Å². The van der Waals surface area contributed by atoms with Crippen LogP contribution in [-0.2, 0) is 40.5 Å². The van der Waals surface area contributed by atoms with Crippen molar-refractivity contribution < 1.29 is 62.1 Å². The molecule has 0 spiro atoms. The second kappa shape index (κ2) is 20.2. The Labute approximate surface area is 377 Å². The topological polar surface area (TPSA) is 369 Å². The summed E-state index contributed by atoms with van der Waals surface area (Å²) in [6.45, 7) is -0.373. The van der Waals surface area contributed by atoms with Crippen molar-refractivity contribution in [2.45, 2.75) is 19.6 Å². The van der Waals surface area contributed by atoms with Crippen molar-refractivity contribution in [2.24, 2.45) is 0 Å². The number of aliphatic hydroxyl groups excluding tert-OH is 2. The quantitative estimate of drug-likeness (QED) is 0.0360. The van der Waals surface area contributed by atoms with Gasteiger partial charge in [0.05, 0.1) is 23.0 Å². The van der Waals surface area contributed by atoms with E-state index in [1.807, 2.05) is 0 Å². The molecule has 0 unspecified atom stereocenters. The van der Waals surface area contributed by atoms with Crippen LogP contribution in [0.2, 0.25) is 0 Å². The summed E-state index contributed by atoms with van der Waals surface area (Å²) in [4.78, 5) is 10.5. The minimum atomic E-state index is -4.97. The third-order valence-corrected chi connectivity index (χ3v) is 12.3. The molecule has 0 fully saturated rings. The van der Waals surface area contributed by atoms with Crippen molar-refractivity contribution in [3.8, 4) is 0 Å². The molecule has 0 aliphatic rings. The summed E-state index contributed by atoms with van der Waals surface area (Å²) in [7, 11) is -19.0. The fraction of sp³-hybridized carbons (Fsp3) is 0.103. The SMILES string of the molecule is O=S(=O)(O)c1cccc(Nc2cc(NCCO)cc(Nc3ccc(C=Cc4ccc(Nc5nc(NCCO)nc(Nc6cccc(S(=O)(=O)O)c6)n5)cc4S(=O)(=O)O)c(S(=O)(=O)O)c3)c2)c1. The van der Waals surface area contributed by atoms with E-state index in [9.17, 15) is 62.1 Å². The van der Waals surface area contributed by atoms with E-state index >= 15 is 0 Å². The molecule has 1 aromatic heterocycles. The van der Waals surface area contributed by atoms with Gasteiger partial charge in [-0.05, 0) is 90.0 Å². The lowest BCUT2D eigenvalue weighted by Crippen LogP contribution is -2.12. The van der Waals surface area contributed by atoms with Crippen LogP contribution in [0.25, 0.3) is 12.2 Å². The van der Waals surface area contributed by atoms with E-state index in [2.05, 4.69) is 46.9 Å². The van der Waals surface area contributed by atoms with Crippen molar-refractivity contribution in [3.63, 3.8) is 0 Å². The Morgan fingerprint density at radius 1 is 0.409 bits per heavy atom. The van der Waals surface area contributed by atoms with Crippen LogP contribution in [0, 0.1) is 0 Å². The average Bonchev–Trinajstić information content (AvgIpc) is 3.23. The van der Waals surface area contributed by atoms with Crippen molar-refractivity contribution in [2.75, 3.05) is 58.2 Å². The summed E-state index contributed by atoms with van der Waals surface area (Å²) in [6, 6.07) is 22.8. The highest BCUT2D eigenvalue weighted by Gasteiger charge is 2.19. The van der Waals surface area contributed by atoms with Crippen LogP contribution >= 0.6 is 0 Å². The maximum atomic E-state index is 12.7. The molecule has 0 aliphatic carbocycles. The minimum absolute atomic E-state index is 0.00542. The molecular weight excluding hydrogens is 947 g/mol. The lowest BCUT2D eigenvalue weighted by atomic mass is 10.1. The third-order valence-electron chi connectivity index (χ3n) is 8.78. The second-order valence-corrected chi connectivity index (χ2v) is 19.3. The minimum Gasteiger partial charge on any atom is -0.395 e. The van der Waals surface area contributed by atoms with Gasteiger partial charge >= 0.3 is 0 Å². The molecule has 0 atom stereocenters. The lowest BCUT2D eigenvalue weighted by molar-refractivity contribution is 0.310. The Balaban J connectivity index is 1.28. The molecule has 12 N–H and O–H groups in total. The first-order chi connectivity index (χ1) is 31.1. The highest BCUT2D eigenvalue weighted by Crippen LogP contribution is 2.32. The van der Waals surface area contributed by atoms with E-state index in [4.69, 9.17) is 0 Å². The van der Waals surface area contributed by atoms with Gasteiger partial charge in [-0.25, -0.2) is 0 Å². The smallest absolute Gasteiger partial charge is 0.295 e. The predicted octanol–water partition coefficient (Wildman–Crippen LogP) is 4.81. The van der Waals surface area contributed by atoms with E-state index in [1.165, 1.54) is 66.7 Å². The molecule has 0 bridgehead atoms. The van der Waals surface area contributed by atoms with Crippen LogP contribution in [0.3, 0.4) is 0 Å². The average molecular weight is 986 g/mol. The molecule has 27 heteroatoms. The molecule has 0 radical (unpaired) electrons. The first kappa shape index (κ1) is 48.7. The van der Waals surface area contributed by atoms with E-state index in [1.54, 1.807) is 24.3 Å². The predicted molar refractivity (Wildman–Crippen MR) is 245 cm³/mol. The molecule has 0 saturated carbocycles. The first-order valence-electron chi connectivity index (χ1n) is 18.8. The highest BCUT2D eigenvalue weighted by molar-refractivity contribution is 7.86. The second-order valence-electron chi connectivity index (χ2n) is 13.7.